The second kappa shape index (κ2) is 5.29. The molecule has 1 heterocycles. The summed E-state index contributed by atoms with van der Waals surface area (Å²) in [5.74, 6) is 3.58. The quantitative estimate of drug-likeness (QED) is 0.910. The fraction of sp³-hybridized carbons (Fsp3) is 0.600. The molecule has 0 radical (unpaired) electrons. The molecule has 4 heteroatoms. The van der Waals surface area contributed by atoms with E-state index in [0.29, 0.717) is 25.2 Å². The van der Waals surface area contributed by atoms with Gasteiger partial charge in [0.05, 0.1) is 0 Å². The number of hydrogen-bond acceptors (Lipinski definition) is 4. The summed E-state index contributed by atoms with van der Waals surface area (Å²) in [6.07, 6.45) is 3.71. The van der Waals surface area contributed by atoms with E-state index >= 15 is 0 Å². The monoisotopic (exact) mass is 263 g/mol. The third-order valence-electron chi connectivity index (χ3n) is 4.12. The van der Waals surface area contributed by atoms with Crippen molar-refractivity contribution in [2.75, 3.05) is 13.3 Å². The first-order chi connectivity index (χ1) is 9.26. The summed E-state index contributed by atoms with van der Waals surface area (Å²) >= 11 is 0. The van der Waals surface area contributed by atoms with Crippen LogP contribution in [0.2, 0.25) is 0 Å². The fourth-order valence-electron chi connectivity index (χ4n) is 2.93. The van der Waals surface area contributed by atoms with Crippen LogP contribution in [-0.2, 0) is 0 Å². The van der Waals surface area contributed by atoms with Gasteiger partial charge in [-0.3, -0.25) is 0 Å². The minimum atomic E-state index is 0.217. The zero-order valence-electron chi connectivity index (χ0n) is 11.3. The van der Waals surface area contributed by atoms with E-state index in [-0.39, 0.29) is 6.10 Å². The molecule has 1 aliphatic heterocycles. The minimum Gasteiger partial charge on any atom is -0.490 e. The van der Waals surface area contributed by atoms with Gasteiger partial charge in [0, 0.05) is 12.0 Å². The zero-order chi connectivity index (χ0) is 13.2. The summed E-state index contributed by atoms with van der Waals surface area (Å²) in [6, 6.07) is 5.76. The Morgan fingerprint density at radius 1 is 1.26 bits per heavy atom. The molecule has 0 amide bonds. The van der Waals surface area contributed by atoms with Crippen molar-refractivity contribution >= 4 is 0 Å². The van der Waals surface area contributed by atoms with E-state index in [4.69, 9.17) is 19.9 Å². The Kier molecular flexibility index (Phi) is 3.51. The van der Waals surface area contributed by atoms with Crippen LogP contribution in [-0.4, -0.2) is 19.4 Å². The van der Waals surface area contributed by atoms with Crippen molar-refractivity contribution < 1.29 is 14.2 Å². The second-order valence-corrected chi connectivity index (χ2v) is 5.59. The van der Waals surface area contributed by atoms with Crippen molar-refractivity contribution in [3.63, 3.8) is 0 Å². The van der Waals surface area contributed by atoms with Crippen LogP contribution in [0.1, 0.15) is 26.2 Å². The maximum atomic E-state index is 6.14. The van der Waals surface area contributed by atoms with Gasteiger partial charge in [-0.2, -0.15) is 0 Å². The van der Waals surface area contributed by atoms with Crippen LogP contribution in [0.15, 0.2) is 18.2 Å². The number of nitrogens with two attached hydrogens (primary N) is 1. The van der Waals surface area contributed by atoms with E-state index in [2.05, 4.69) is 6.92 Å². The topological polar surface area (TPSA) is 53.7 Å². The number of hydrogen-bond donors (Lipinski definition) is 1. The van der Waals surface area contributed by atoms with Crippen molar-refractivity contribution in [1.82, 2.24) is 0 Å². The first-order valence-electron chi connectivity index (χ1n) is 7.02. The predicted octanol–water partition coefficient (Wildman–Crippen LogP) is 2.56. The van der Waals surface area contributed by atoms with Gasteiger partial charge >= 0.3 is 0 Å². The number of benzene rings is 1. The lowest BCUT2D eigenvalue weighted by Gasteiger charge is -2.34. The molecule has 0 spiro atoms. The van der Waals surface area contributed by atoms with Crippen LogP contribution in [0.3, 0.4) is 0 Å². The summed E-state index contributed by atoms with van der Waals surface area (Å²) in [5.41, 5.74) is 5.86. The van der Waals surface area contributed by atoms with E-state index in [1.807, 2.05) is 18.2 Å². The van der Waals surface area contributed by atoms with E-state index in [9.17, 15) is 0 Å². The number of rotatable bonds is 3. The average Bonchev–Trinajstić information content (AvgIpc) is 2.86. The Balaban J connectivity index is 1.72. The van der Waals surface area contributed by atoms with Crippen molar-refractivity contribution in [1.29, 1.82) is 0 Å². The molecular weight excluding hydrogens is 242 g/mol. The molecule has 4 nitrogen and oxygen atoms in total. The van der Waals surface area contributed by atoms with Gasteiger partial charge in [-0.1, -0.05) is 13.3 Å². The Morgan fingerprint density at radius 2 is 2.11 bits per heavy atom. The molecule has 1 saturated carbocycles. The van der Waals surface area contributed by atoms with Crippen LogP contribution in [0.4, 0.5) is 0 Å². The van der Waals surface area contributed by atoms with Gasteiger partial charge in [0.15, 0.2) is 11.5 Å². The summed E-state index contributed by atoms with van der Waals surface area (Å²) in [5, 5.41) is 0. The van der Waals surface area contributed by atoms with Crippen molar-refractivity contribution in [3.05, 3.63) is 18.2 Å². The summed E-state index contributed by atoms with van der Waals surface area (Å²) in [4.78, 5) is 0. The van der Waals surface area contributed by atoms with Crippen molar-refractivity contribution in [2.24, 2.45) is 17.6 Å². The van der Waals surface area contributed by atoms with E-state index in [0.717, 1.165) is 30.1 Å². The Labute approximate surface area is 113 Å². The fourth-order valence-corrected chi connectivity index (χ4v) is 2.93. The molecule has 2 N–H and O–H groups in total. The highest BCUT2D eigenvalue weighted by Crippen LogP contribution is 2.37. The van der Waals surface area contributed by atoms with Crippen LogP contribution >= 0.6 is 0 Å². The molecule has 3 atom stereocenters. The van der Waals surface area contributed by atoms with Crippen molar-refractivity contribution in [2.45, 2.75) is 32.3 Å². The Hall–Kier alpha value is -1.42. The first kappa shape index (κ1) is 12.6. The molecule has 0 saturated heterocycles. The molecule has 1 fully saturated rings. The molecule has 2 aliphatic rings. The van der Waals surface area contributed by atoms with Crippen LogP contribution in [0, 0.1) is 11.8 Å². The standard InChI is InChI=1S/C15H21NO3/c1-10-2-3-11(8-16)14(6-10)19-12-4-5-13-15(7-12)18-9-17-13/h4-5,7,10-11,14H,2-3,6,8-9,16H2,1H3. The molecule has 1 aliphatic carbocycles. The van der Waals surface area contributed by atoms with Gasteiger partial charge in [-0.25, -0.2) is 0 Å². The molecule has 0 bridgehead atoms. The van der Waals surface area contributed by atoms with Gasteiger partial charge in [-0.05, 0) is 37.4 Å². The lowest BCUT2D eigenvalue weighted by Crippen LogP contribution is -2.37. The van der Waals surface area contributed by atoms with E-state index in [1.165, 1.54) is 6.42 Å². The lowest BCUT2D eigenvalue weighted by molar-refractivity contribution is 0.0740. The van der Waals surface area contributed by atoms with E-state index in [1.54, 1.807) is 0 Å². The van der Waals surface area contributed by atoms with Crippen LogP contribution in [0.25, 0.3) is 0 Å². The van der Waals surface area contributed by atoms with Crippen LogP contribution in [0.5, 0.6) is 17.2 Å². The van der Waals surface area contributed by atoms with Gasteiger partial charge in [0.1, 0.15) is 11.9 Å². The summed E-state index contributed by atoms with van der Waals surface area (Å²) in [6.45, 7) is 3.27. The molecular formula is C15H21NO3. The number of ether oxygens (including phenoxy) is 3. The zero-order valence-corrected chi connectivity index (χ0v) is 11.3. The second-order valence-electron chi connectivity index (χ2n) is 5.59. The maximum absolute atomic E-state index is 6.14. The Bertz CT molecular complexity index is 449. The Morgan fingerprint density at radius 3 is 2.95 bits per heavy atom. The summed E-state index contributed by atoms with van der Waals surface area (Å²) in [7, 11) is 0. The largest absolute Gasteiger partial charge is 0.490 e. The van der Waals surface area contributed by atoms with Crippen molar-refractivity contribution in [3.8, 4) is 17.2 Å². The third kappa shape index (κ3) is 2.63. The van der Waals surface area contributed by atoms with Gasteiger partial charge < -0.3 is 19.9 Å². The lowest BCUT2D eigenvalue weighted by atomic mass is 9.80. The first-order valence-corrected chi connectivity index (χ1v) is 7.02. The van der Waals surface area contributed by atoms with Gasteiger partial charge in [0.2, 0.25) is 6.79 Å². The minimum absolute atomic E-state index is 0.217. The molecule has 3 rings (SSSR count). The molecule has 19 heavy (non-hydrogen) atoms. The molecule has 1 aromatic rings. The molecule has 104 valence electrons. The highest BCUT2D eigenvalue weighted by molar-refractivity contribution is 5.46. The predicted molar refractivity (Wildman–Crippen MR) is 72.5 cm³/mol. The van der Waals surface area contributed by atoms with Crippen LogP contribution < -0.4 is 19.9 Å². The summed E-state index contributed by atoms with van der Waals surface area (Å²) < 4.78 is 16.8. The van der Waals surface area contributed by atoms with Gasteiger partial charge in [-0.15, -0.1) is 0 Å². The molecule has 1 aromatic carbocycles. The maximum Gasteiger partial charge on any atom is 0.231 e. The average molecular weight is 263 g/mol. The van der Waals surface area contributed by atoms with Gasteiger partial charge in [0.25, 0.3) is 0 Å². The SMILES string of the molecule is CC1CCC(CN)C(Oc2ccc3c(c2)OCO3)C1. The third-order valence-corrected chi connectivity index (χ3v) is 4.12. The highest BCUT2D eigenvalue weighted by Gasteiger charge is 2.29. The number of fused-ring (bicyclic) bond motifs is 1. The van der Waals surface area contributed by atoms with E-state index < -0.39 is 0 Å². The molecule has 0 aromatic heterocycles. The highest BCUT2D eigenvalue weighted by atomic mass is 16.7. The molecule has 3 unspecified atom stereocenters. The normalized spacial score (nSPS) is 29.3. The smallest absolute Gasteiger partial charge is 0.231 e.